The average Bonchev–Trinajstić information content (AvgIpc) is 1.97. The third kappa shape index (κ3) is 6.35. The fraction of sp³-hybridized carbons (Fsp3) is 1.00. The summed E-state index contributed by atoms with van der Waals surface area (Å²) < 4.78 is 11.1. The van der Waals surface area contributed by atoms with Gasteiger partial charge in [0.1, 0.15) is 0 Å². The summed E-state index contributed by atoms with van der Waals surface area (Å²) in [4.78, 5) is 0. The second-order valence-electron chi connectivity index (χ2n) is 2.75. The molecule has 0 atom stereocenters. The van der Waals surface area contributed by atoms with E-state index in [0.29, 0.717) is 0 Å². The SMILES string of the molecule is CCCC[PH](=O)CCCC. The molecule has 0 fully saturated rings. The highest BCUT2D eigenvalue weighted by Gasteiger charge is 1.96. The predicted molar refractivity (Wildman–Crippen MR) is 48.6 cm³/mol. The molecule has 0 aromatic heterocycles. The van der Waals surface area contributed by atoms with Crippen LogP contribution < -0.4 is 0 Å². The smallest absolute Gasteiger partial charge is 0.0762 e. The van der Waals surface area contributed by atoms with Gasteiger partial charge in [-0.2, -0.15) is 0 Å². The first-order chi connectivity index (χ1) is 4.81. The Morgan fingerprint density at radius 3 is 1.70 bits per heavy atom. The summed E-state index contributed by atoms with van der Waals surface area (Å²) in [7, 11) is -1.16. The van der Waals surface area contributed by atoms with Gasteiger partial charge in [0.15, 0.2) is 0 Å². The molecule has 0 amide bonds. The van der Waals surface area contributed by atoms with Gasteiger partial charge in [-0.25, -0.2) is 0 Å². The van der Waals surface area contributed by atoms with Crippen LogP contribution in [0.3, 0.4) is 0 Å². The standard InChI is InChI=1S/C8H19OP/c1-3-5-7-10(9)8-6-4-2/h10H,3-8H2,1-2H3. The Kier molecular flexibility index (Phi) is 7.51. The first-order valence-corrected chi connectivity index (χ1v) is 6.15. The van der Waals surface area contributed by atoms with Crippen LogP contribution in [0.1, 0.15) is 39.5 Å². The monoisotopic (exact) mass is 162 g/mol. The van der Waals surface area contributed by atoms with Gasteiger partial charge in [-0.3, -0.25) is 0 Å². The normalized spacial score (nSPS) is 10.7. The van der Waals surface area contributed by atoms with Gasteiger partial charge in [0.2, 0.25) is 0 Å². The van der Waals surface area contributed by atoms with E-state index in [2.05, 4.69) is 13.8 Å². The summed E-state index contributed by atoms with van der Waals surface area (Å²) in [6.07, 6.45) is 6.65. The minimum atomic E-state index is -1.16. The van der Waals surface area contributed by atoms with E-state index < -0.39 is 7.80 Å². The lowest BCUT2D eigenvalue weighted by atomic mass is 10.4. The van der Waals surface area contributed by atoms with Gasteiger partial charge in [-0.1, -0.05) is 26.7 Å². The topological polar surface area (TPSA) is 17.1 Å². The number of hydrogen-bond donors (Lipinski definition) is 0. The summed E-state index contributed by atoms with van der Waals surface area (Å²) in [5.74, 6) is 0. The molecule has 0 aliphatic heterocycles. The van der Waals surface area contributed by atoms with Crippen molar-refractivity contribution in [2.24, 2.45) is 0 Å². The quantitative estimate of drug-likeness (QED) is 0.548. The third-order valence-electron chi connectivity index (χ3n) is 1.62. The Balaban J connectivity index is 3.09. The lowest BCUT2D eigenvalue weighted by Crippen LogP contribution is -1.82. The zero-order chi connectivity index (χ0) is 7.82. The zero-order valence-corrected chi connectivity index (χ0v) is 8.15. The molecule has 1 nitrogen and oxygen atoms in total. The Hall–Kier alpha value is 0.230. The van der Waals surface area contributed by atoms with Gasteiger partial charge in [-0.05, 0) is 25.2 Å². The van der Waals surface area contributed by atoms with Crippen molar-refractivity contribution in [3.05, 3.63) is 0 Å². The highest BCUT2D eigenvalue weighted by molar-refractivity contribution is 7.44. The van der Waals surface area contributed by atoms with Crippen LogP contribution in [-0.2, 0) is 4.57 Å². The van der Waals surface area contributed by atoms with E-state index in [1.54, 1.807) is 0 Å². The molecular formula is C8H19OP. The summed E-state index contributed by atoms with van der Waals surface area (Å²) >= 11 is 0. The average molecular weight is 162 g/mol. The Bertz CT molecular complexity index is 81.3. The number of unbranched alkanes of at least 4 members (excludes halogenated alkanes) is 2. The van der Waals surface area contributed by atoms with Crippen LogP contribution >= 0.6 is 7.80 Å². The highest BCUT2D eigenvalue weighted by atomic mass is 31.1. The van der Waals surface area contributed by atoms with Crippen molar-refractivity contribution >= 4 is 7.80 Å². The molecule has 62 valence electrons. The van der Waals surface area contributed by atoms with Crippen molar-refractivity contribution in [1.82, 2.24) is 0 Å². The van der Waals surface area contributed by atoms with Crippen molar-refractivity contribution < 1.29 is 4.57 Å². The van der Waals surface area contributed by atoms with Crippen molar-refractivity contribution in [2.45, 2.75) is 39.5 Å². The van der Waals surface area contributed by atoms with Gasteiger partial charge in [0.25, 0.3) is 0 Å². The van der Waals surface area contributed by atoms with Gasteiger partial charge < -0.3 is 4.57 Å². The van der Waals surface area contributed by atoms with Crippen LogP contribution in [0.5, 0.6) is 0 Å². The maximum Gasteiger partial charge on any atom is 0.0762 e. The molecule has 0 heterocycles. The lowest BCUT2D eigenvalue weighted by molar-refractivity contribution is 0.584. The molecule has 0 aromatic rings. The second-order valence-corrected chi connectivity index (χ2v) is 4.82. The first-order valence-electron chi connectivity index (χ1n) is 4.33. The van der Waals surface area contributed by atoms with Gasteiger partial charge in [0, 0.05) is 0 Å². The molecule has 2 heteroatoms. The molecule has 0 saturated carbocycles. The largest absolute Gasteiger partial charge is 0.327 e. The zero-order valence-electron chi connectivity index (χ0n) is 7.15. The Morgan fingerprint density at radius 2 is 1.40 bits per heavy atom. The van der Waals surface area contributed by atoms with Gasteiger partial charge in [0.05, 0.1) is 7.80 Å². The second kappa shape index (κ2) is 7.34. The van der Waals surface area contributed by atoms with Crippen LogP contribution in [0.15, 0.2) is 0 Å². The van der Waals surface area contributed by atoms with E-state index in [1.807, 2.05) is 0 Å². The fourth-order valence-corrected chi connectivity index (χ4v) is 2.62. The Labute approximate surface area is 65.0 Å². The summed E-state index contributed by atoms with van der Waals surface area (Å²) in [6.45, 7) is 4.30. The van der Waals surface area contributed by atoms with Crippen LogP contribution in [0.25, 0.3) is 0 Å². The summed E-state index contributed by atoms with van der Waals surface area (Å²) in [5.41, 5.74) is 0. The molecule has 0 unspecified atom stereocenters. The molecule has 0 N–H and O–H groups in total. The highest BCUT2D eigenvalue weighted by Crippen LogP contribution is 2.23. The van der Waals surface area contributed by atoms with E-state index in [0.717, 1.165) is 25.2 Å². The molecule has 0 saturated heterocycles. The molecule has 0 aliphatic rings. The molecule has 10 heavy (non-hydrogen) atoms. The molecule has 0 rings (SSSR count). The van der Waals surface area contributed by atoms with Gasteiger partial charge >= 0.3 is 0 Å². The van der Waals surface area contributed by atoms with E-state index in [4.69, 9.17) is 0 Å². The van der Waals surface area contributed by atoms with Crippen molar-refractivity contribution in [1.29, 1.82) is 0 Å². The fourth-order valence-electron chi connectivity index (χ4n) is 0.873. The molecule has 0 bridgehead atoms. The summed E-state index contributed by atoms with van der Waals surface area (Å²) in [6, 6.07) is 0. The van der Waals surface area contributed by atoms with Crippen molar-refractivity contribution in [3.8, 4) is 0 Å². The Morgan fingerprint density at radius 1 is 1.00 bits per heavy atom. The van der Waals surface area contributed by atoms with E-state index >= 15 is 0 Å². The van der Waals surface area contributed by atoms with E-state index in [9.17, 15) is 4.57 Å². The molecule has 0 spiro atoms. The molecular weight excluding hydrogens is 143 g/mol. The van der Waals surface area contributed by atoms with E-state index in [-0.39, 0.29) is 0 Å². The predicted octanol–water partition coefficient (Wildman–Crippen LogP) is 3.15. The maximum absolute atomic E-state index is 11.1. The lowest BCUT2D eigenvalue weighted by Gasteiger charge is -1.97. The molecule has 0 aromatic carbocycles. The van der Waals surface area contributed by atoms with Crippen molar-refractivity contribution in [3.63, 3.8) is 0 Å². The van der Waals surface area contributed by atoms with Crippen molar-refractivity contribution in [2.75, 3.05) is 12.3 Å². The molecule has 0 radical (unpaired) electrons. The van der Waals surface area contributed by atoms with Crippen LogP contribution in [0, 0.1) is 0 Å². The number of rotatable bonds is 6. The third-order valence-corrected chi connectivity index (χ3v) is 3.44. The van der Waals surface area contributed by atoms with Crippen LogP contribution in [0.4, 0.5) is 0 Å². The molecule has 0 aliphatic carbocycles. The van der Waals surface area contributed by atoms with E-state index in [1.165, 1.54) is 12.8 Å². The minimum absolute atomic E-state index is 0.987. The van der Waals surface area contributed by atoms with Gasteiger partial charge in [-0.15, -0.1) is 0 Å². The minimum Gasteiger partial charge on any atom is -0.327 e. The summed E-state index contributed by atoms with van der Waals surface area (Å²) in [5, 5.41) is 0. The van der Waals surface area contributed by atoms with Crippen LogP contribution in [0.2, 0.25) is 0 Å². The maximum atomic E-state index is 11.1. The van der Waals surface area contributed by atoms with Crippen LogP contribution in [-0.4, -0.2) is 12.3 Å². The number of hydrogen-bond acceptors (Lipinski definition) is 1. The first kappa shape index (κ1) is 10.2.